The Kier molecular flexibility index (Phi) is 5.34. The zero-order valence-corrected chi connectivity index (χ0v) is 15.5. The molecule has 2 aromatic carbocycles. The summed E-state index contributed by atoms with van der Waals surface area (Å²) in [6, 6.07) is 15.9. The SMILES string of the molecule is Cc1nc(Nc2ccc(C#N)cc2)cc(C(=O)Nc2cc(Cl)ccc2C)n1. The van der Waals surface area contributed by atoms with Gasteiger partial charge in [0, 0.05) is 22.5 Å². The van der Waals surface area contributed by atoms with Crippen LogP contribution in [0.25, 0.3) is 0 Å². The molecule has 0 unspecified atom stereocenters. The van der Waals surface area contributed by atoms with Crippen LogP contribution < -0.4 is 10.6 Å². The topological polar surface area (TPSA) is 90.7 Å². The van der Waals surface area contributed by atoms with E-state index in [0.29, 0.717) is 27.9 Å². The Morgan fingerprint density at radius 1 is 1.07 bits per heavy atom. The zero-order chi connectivity index (χ0) is 19.4. The molecule has 2 N–H and O–H groups in total. The summed E-state index contributed by atoms with van der Waals surface area (Å²) >= 11 is 6.00. The van der Waals surface area contributed by atoms with Crippen LogP contribution in [0.5, 0.6) is 0 Å². The number of hydrogen-bond acceptors (Lipinski definition) is 5. The number of nitrogens with one attached hydrogen (secondary N) is 2. The van der Waals surface area contributed by atoms with Gasteiger partial charge in [0.15, 0.2) is 0 Å². The highest BCUT2D eigenvalue weighted by molar-refractivity contribution is 6.31. The number of carbonyl (C=O) groups excluding carboxylic acids is 1. The number of nitrogens with zero attached hydrogens (tertiary/aromatic N) is 3. The van der Waals surface area contributed by atoms with Gasteiger partial charge in [0.2, 0.25) is 0 Å². The Morgan fingerprint density at radius 2 is 1.81 bits per heavy atom. The van der Waals surface area contributed by atoms with Crippen LogP contribution in [-0.4, -0.2) is 15.9 Å². The van der Waals surface area contributed by atoms with E-state index in [1.165, 1.54) is 0 Å². The van der Waals surface area contributed by atoms with Crippen molar-refractivity contribution >= 4 is 34.7 Å². The van der Waals surface area contributed by atoms with Crippen molar-refractivity contribution < 1.29 is 4.79 Å². The first-order chi connectivity index (χ1) is 12.9. The molecule has 1 amide bonds. The molecule has 0 radical (unpaired) electrons. The Morgan fingerprint density at radius 3 is 2.52 bits per heavy atom. The highest BCUT2D eigenvalue weighted by Gasteiger charge is 2.12. The third kappa shape index (κ3) is 4.60. The van der Waals surface area contributed by atoms with Crippen molar-refractivity contribution in [3.8, 4) is 6.07 Å². The predicted octanol–water partition coefficient (Wildman–Crippen LogP) is 4.61. The molecular formula is C20H16ClN5O. The monoisotopic (exact) mass is 377 g/mol. The summed E-state index contributed by atoms with van der Waals surface area (Å²) in [6.07, 6.45) is 0. The summed E-state index contributed by atoms with van der Waals surface area (Å²) in [5.74, 6) is 0.593. The van der Waals surface area contributed by atoms with Crippen LogP contribution in [0, 0.1) is 25.2 Å². The Bertz CT molecular complexity index is 1040. The van der Waals surface area contributed by atoms with Crippen LogP contribution in [-0.2, 0) is 0 Å². The largest absolute Gasteiger partial charge is 0.340 e. The molecule has 7 heteroatoms. The lowest BCUT2D eigenvalue weighted by molar-refractivity contribution is 0.102. The second-order valence-electron chi connectivity index (χ2n) is 5.91. The van der Waals surface area contributed by atoms with E-state index < -0.39 is 0 Å². The van der Waals surface area contributed by atoms with E-state index in [2.05, 4.69) is 26.7 Å². The van der Waals surface area contributed by atoms with E-state index in [-0.39, 0.29) is 11.6 Å². The third-order valence-corrected chi connectivity index (χ3v) is 4.04. The Labute approximate surface area is 161 Å². The minimum atomic E-state index is -0.353. The molecule has 0 atom stereocenters. The summed E-state index contributed by atoms with van der Waals surface area (Å²) in [5.41, 5.74) is 3.08. The zero-order valence-electron chi connectivity index (χ0n) is 14.7. The first-order valence-electron chi connectivity index (χ1n) is 8.15. The number of carbonyl (C=O) groups is 1. The fourth-order valence-corrected chi connectivity index (χ4v) is 2.61. The van der Waals surface area contributed by atoms with Gasteiger partial charge in [-0.1, -0.05) is 17.7 Å². The molecule has 0 aliphatic rings. The number of nitriles is 1. The number of hydrogen-bond donors (Lipinski definition) is 2. The number of amides is 1. The van der Waals surface area contributed by atoms with Crippen molar-refractivity contribution in [1.29, 1.82) is 5.26 Å². The second kappa shape index (κ2) is 7.85. The van der Waals surface area contributed by atoms with Gasteiger partial charge in [-0.2, -0.15) is 5.26 Å². The van der Waals surface area contributed by atoms with Crippen molar-refractivity contribution in [1.82, 2.24) is 9.97 Å². The highest BCUT2D eigenvalue weighted by atomic mass is 35.5. The predicted molar refractivity (Wildman–Crippen MR) is 105 cm³/mol. The maximum absolute atomic E-state index is 12.6. The Balaban J connectivity index is 1.82. The molecule has 0 bridgehead atoms. The number of benzene rings is 2. The molecular weight excluding hydrogens is 362 g/mol. The smallest absolute Gasteiger partial charge is 0.274 e. The van der Waals surface area contributed by atoms with Crippen molar-refractivity contribution in [3.63, 3.8) is 0 Å². The van der Waals surface area contributed by atoms with Gasteiger partial charge in [-0.15, -0.1) is 0 Å². The molecule has 0 saturated carbocycles. The molecule has 3 rings (SSSR count). The van der Waals surface area contributed by atoms with Gasteiger partial charge in [-0.25, -0.2) is 9.97 Å². The van der Waals surface area contributed by atoms with Crippen molar-refractivity contribution in [2.75, 3.05) is 10.6 Å². The maximum Gasteiger partial charge on any atom is 0.274 e. The van der Waals surface area contributed by atoms with Crippen molar-refractivity contribution in [2.45, 2.75) is 13.8 Å². The summed E-state index contributed by atoms with van der Waals surface area (Å²) < 4.78 is 0. The molecule has 0 saturated heterocycles. The molecule has 0 spiro atoms. The molecule has 3 aromatic rings. The average Bonchev–Trinajstić information content (AvgIpc) is 2.65. The van der Waals surface area contributed by atoms with E-state index >= 15 is 0 Å². The van der Waals surface area contributed by atoms with Crippen LogP contribution in [0.1, 0.15) is 27.4 Å². The molecule has 0 aliphatic heterocycles. The molecule has 1 heterocycles. The Hall–Kier alpha value is -3.43. The molecule has 1 aromatic heterocycles. The van der Waals surface area contributed by atoms with Crippen LogP contribution >= 0.6 is 11.6 Å². The second-order valence-corrected chi connectivity index (χ2v) is 6.35. The van der Waals surface area contributed by atoms with E-state index in [9.17, 15) is 4.79 Å². The fraction of sp³-hybridized carbons (Fsp3) is 0.100. The first kappa shape index (κ1) is 18.4. The average molecular weight is 378 g/mol. The maximum atomic E-state index is 12.6. The third-order valence-electron chi connectivity index (χ3n) is 3.80. The molecule has 134 valence electrons. The first-order valence-corrected chi connectivity index (χ1v) is 8.53. The van der Waals surface area contributed by atoms with Gasteiger partial charge in [0.25, 0.3) is 5.91 Å². The fourth-order valence-electron chi connectivity index (χ4n) is 2.44. The summed E-state index contributed by atoms with van der Waals surface area (Å²) in [4.78, 5) is 21.1. The normalized spacial score (nSPS) is 10.1. The number of aromatic nitrogens is 2. The van der Waals surface area contributed by atoms with E-state index in [0.717, 1.165) is 11.3 Å². The van der Waals surface area contributed by atoms with E-state index in [4.69, 9.17) is 16.9 Å². The van der Waals surface area contributed by atoms with Gasteiger partial charge in [0.1, 0.15) is 17.3 Å². The summed E-state index contributed by atoms with van der Waals surface area (Å²) in [7, 11) is 0. The van der Waals surface area contributed by atoms with Crippen molar-refractivity contribution in [2.24, 2.45) is 0 Å². The number of rotatable bonds is 4. The van der Waals surface area contributed by atoms with Crippen molar-refractivity contribution in [3.05, 3.63) is 76.2 Å². The minimum absolute atomic E-state index is 0.234. The van der Waals surface area contributed by atoms with E-state index in [1.807, 2.05) is 13.0 Å². The standard InChI is InChI=1S/C20H16ClN5O/c1-12-3-6-15(21)9-17(12)26-20(27)18-10-19(24-13(2)23-18)25-16-7-4-14(11-22)5-8-16/h3-10H,1-2H3,(H,26,27)(H,23,24,25). The molecule has 6 nitrogen and oxygen atoms in total. The van der Waals surface area contributed by atoms with Gasteiger partial charge in [0.05, 0.1) is 11.6 Å². The molecule has 0 fully saturated rings. The van der Waals surface area contributed by atoms with Crippen LogP contribution in [0.2, 0.25) is 5.02 Å². The quantitative estimate of drug-likeness (QED) is 0.692. The van der Waals surface area contributed by atoms with E-state index in [1.54, 1.807) is 49.4 Å². The molecule has 0 aliphatic carbocycles. The molecule has 27 heavy (non-hydrogen) atoms. The lowest BCUT2D eigenvalue weighted by Crippen LogP contribution is -2.16. The number of halogens is 1. The number of aryl methyl sites for hydroxylation is 2. The van der Waals surface area contributed by atoms with Gasteiger partial charge in [-0.3, -0.25) is 4.79 Å². The van der Waals surface area contributed by atoms with Crippen LogP contribution in [0.15, 0.2) is 48.5 Å². The van der Waals surface area contributed by atoms with Crippen LogP contribution in [0.3, 0.4) is 0 Å². The number of anilines is 3. The highest BCUT2D eigenvalue weighted by Crippen LogP contribution is 2.21. The van der Waals surface area contributed by atoms with Gasteiger partial charge >= 0.3 is 0 Å². The lowest BCUT2D eigenvalue weighted by Gasteiger charge is -2.11. The lowest BCUT2D eigenvalue weighted by atomic mass is 10.2. The summed E-state index contributed by atoms with van der Waals surface area (Å²) in [5, 5.41) is 15.3. The summed E-state index contributed by atoms with van der Waals surface area (Å²) in [6.45, 7) is 3.60. The van der Waals surface area contributed by atoms with Crippen LogP contribution in [0.4, 0.5) is 17.2 Å². The van der Waals surface area contributed by atoms with Gasteiger partial charge < -0.3 is 10.6 Å². The minimum Gasteiger partial charge on any atom is -0.340 e. The van der Waals surface area contributed by atoms with Gasteiger partial charge in [-0.05, 0) is 55.8 Å².